The lowest BCUT2D eigenvalue weighted by molar-refractivity contribution is -0.141. The molecule has 6 heteroatoms. The highest BCUT2D eigenvalue weighted by Gasteiger charge is 2.46. The number of aliphatic hydroxyl groups excluding tert-OH is 1. The molecule has 1 saturated heterocycles. The van der Waals surface area contributed by atoms with Crippen molar-refractivity contribution in [2.45, 2.75) is 12.8 Å². The van der Waals surface area contributed by atoms with E-state index in [0.717, 1.165) is 15.4 Å². The molecule has 0 aliphatic carbocycles. The molecule has 2 aromatic rings. The van der Waals surface area contributed by atoms with E-state index < -0.39 is 23.8 Å². The molecule has 6 nitrogen and oxygen atoms in total. The molecule has 2 aromatic carbocycles. The number of carbonyl (C=O) groups is 3. The number of hydrogen-bond donors (Lipinski definition) is 1. The van der Waals surface area contributed by atoms with Crippen molar-refractivity contribution in [1.82, 2.24) is 4.90 Å². The van der Waals surface area contributed by atoms with E-state index in [1.165, 1.54) is 0 Å². The van der Waals surface area contributed by atoms with Crippen LogP contribution < -0.4 is 4.90 Å². The average Bonchev–Trinajstić information content (AvgIpc) is 2.67. The standard InChI is InChI=1S/C20H20N2O4/c23-13-7-12-21-18(24)17(14-15-8-3-1-4-9-15)19(25)22(20(21)26)16-10-5-2-6-11-16/h1-6,8-11,17,23H,7,12-14H2. The summed E-state index contributed by atoms with van der Waals surface area (Å²) in [6.07, 6.45) is 0.497. The summed E-state index contributed by atoms with van der Waals surface area (Å²) in [5.74, 6) is -1.99. The number of amides is 4. The summed E-state index contributed by atoms with van der Waals surface area (Å²) < 4.78 is 0. The molecule has 0 radical (unpaired) electrons. The number of nitrogens with zero attached hydrogens (tertiary/aromatic N) is 2. The Morgan fingerprint density at radius 1 is 0.846 bits per heavy atom. The summed E-state index contributed by atoms with van der Waals surface area (Å²) in [7, 11) is 0. The molecule has 1 atom stereocenters. The number of barbiturate groups is 1. The Hall–Kier alpha value is -2.99. The Bertz CT molecular complexity index is 792. The van der Waals surface area contributed by atoms with E-state index in [1.807, 2.05) is 30.3 Å². The van der Waals surface area contributed by atoms with Gasteiger partial charge in [0, 0.05) is 13.2 Å². The van der Waals surface area contributed by atoms with Gasteiger partial charge in [-0.2, -0.15) is 0 Å². The van der Waals surface area contributed by atoms with Crippen molar-refractivity contribution in [3.8, 4) is 0 Å². The van der Waals surface area contributed by atoms with Crippen LogP contribution in [0, 0.1) is 5.92 Å². The van der Waals surface area contributed by atoms with Crippen molar-refractivity contribution in [3.63, 3.8) is 0 Å². The summed E-state index contributed by atoms with van der Waals surface area (Å²) >= 11 is 0. The normalized spacial score (nSPS) is 17.7. The van der Waals surface area contributed by atoms with Crippen LogP contribution in [-0.4, -0.2) is 41.0 Å². The lowest BCUT2D eigenvalue weighted by Crippen LogP contribution is -2.60. The third kappa shape index (κ3) is 3.50. The molecule has 0 spiro atoms. The zero-order chi connectivity index (χ0) is 18.5. The maximum atomic E-state index is 13.0. The summed E-state index contributed by atoms with van der Waals surface area (Å²) in [6, 6.07) is 17.2. The van der Waals surface area contributed by atoms with Gasteiger partial charge < -0.3 is 5.11 Å². The van der Waals surface area contributed by atoms with Crippen molar-refractivity contribution in [3.05, 3.63) is 66.2 Å². The second-order valence-corrected chi connectivity index (χ2v) is 6.10. The Morgan fingerprint density at radius 2 is 1.46 bits per heavy atom. The topological polar surface area (TPSA) is 77.9 Å². The Labute approximate surface area is 151 Å². The van der Waals surface area contributed by atoms with Gasteiger partial charge in [-0.1, -0.05) is 48.5 Å². The van der Waals surface area contributed by atoms with Crippen LogP contribution in [0.2, 0.25) is 0 Å². The molecule has 134 valence electrons. The van der Waals surface area contributed by atoms with E-state index in [1.54, 1.807) is 30.3 Å². The van der Waals surface area contributed by atoms with Gasteiger partial charge in [0.1, 0.15) is 5.92 Å². The molecule has 1 unspecified atom stereocenters. The molecule has 0 saturated carbocycles. The van der Waals surface area contributed by atoms with Crippen LogP contribution in [-0.2, 0) is 16.0 Å². The summed E-state index contributed by atoms with van der Waals surface area (Å²) in [5, 5.41) is 9.08. The molecule has 0 aromatic heterocycles. The smallest absolute Gasteiger partial charge is 0.338 e. The van der Waals surface area contributed by atoms with Gasteiger partial charge in [0.25, 0.3) is 0 Å². The van der Waals surface area contributed by atoms with Gasteiger partial charge >= 0.3 is 6.03 Å². The van der Waals surface area contributed by atoms with Gasteiger partial charge in [-0.25, -0.2) is 9.69 Å². The number of imide groups is 2. The second-order valence-electron chi connectivity index (χ2n) is 6.10. The van der Waals surface area contributed by atoms with Gasteiger partial charge in [-0.15, -0.1) is 0 Å². The van der Waals surface area contributed by atoms with Crippen LogP contribution >= 0.6 is 0 Å². The first-order chi connectivity index (χ1) is 12.6. The van der Waals surface area contributed by atoms with Gasteiger partial charge in [-0.3, -0.25) is 14.5 Å². The fraction of sp³-hybridized carbons (Fsp3) is 0.250. The minimum atomic E-state index is -0.964. The largest absolute Gasteiger partial charge is 0.396 e. The molecule has 0 bridgehead atoms. The minimum Gasteiger partial charge on any atom is -0.396 e. The highest BCUT2D eigenvalue weighted by molar-refractivity contribution is 6.27. The number of rotatable bonds is 6. The van der Waals surface area contributed by atoms with E-state index in [0.29, 0.717) is 5.69 Å². The van der Waals surface area contributed by atoms with E-state index in [4.69, 9.17) is 5.11 Å². The monoisotopic (exact) mass is 352 g/mol. The van der Waals surface area contributed by atoms with Crippen molar-refractivity contribution in [1.29, 1.82) is 0 Å². The predicted molar refractivity (Wildman–Crippen MR) is 96.4 cm³/mol. The first-order valence-electron chi connectivity index (χ1n) is 8.52. The zero-order valence-electron chi connectivity index (χ0n) is 14.2. The quantitative estimate of drug-likeness (QED) is 0.809. The Balaban J connectivity index is 1.95. The van der Waals surface area contributed by atoms with E-state index in [9.17, 15) is 14.4 Å². The first kappa shape index (κ1) is 17.8. The zero-order valence-corrected chi connectivity index (χ0v) is 14.2. The number of carbonyl (C=O) groups excluding carboxylic acids is 3. The van der Waals surface area contributed by atoms with Gasteiger partial charge in [-0.05, 0) is 30.5 Å². The fourth-order valence-electron chi connectivity index (χ4n) is 3.03. The number of para-hydroxylation sites is 1. The van der Waals surface area contributed by atoms with Crippen LogP contribution in [0.1, 0.15) is 12.0 Å². The third-order valence-electron chi connectivity index (χ3n) is 4.34. The molecule has 3 rings (SSSR count). The average molecular weight is 352 g/mol. The molecule has 1 heterocycles. The molecule has 4 amide bonds. The third-order valence-corrected chi connectivity index (χ3v) is 4.34. The minimum absolute atomic E-state index is 0.0794. The molecule has 1 aliphatic rings. The summed E-state index contributed by atoms with van der Waals surface area (Å²) in [5.41, 5.74) is 1.28. The van der Waals surface area contributed by atoms with Crippen molar-refractivity contribution in [2.75, 3.05) is 18.1 Å². The molecule has 26 heavy (non-hydrogen) atoms. The number of urea groups is 1. The highest BCUT2D eigenvalue weighted by atomic mass is 16.3. The number of anilines is 1. The van der Waals surface area contributed by atoms with Crippen LogP contribution in [0.3, 0.4) is 0 Å². The molecular weight excluding hydrogens is 332 g/mol. The van der Waals surface area contributed by atoms with Crippen molar-refractivity contribution >= 4 is 23.5 Å². The maximum Gasteiger partial charge on any atom is 0.338 e. The second kappa shape index (κ2) is 7.93. The molecule has 1 fully saturated rings. The fourth-order valence-corrected chi connectivity index (χ4v) is 3.03. The molecular formula is C20H20N2O4. The SMILES string of the molecule is O=C1C(Cc2ccccc2)C(=O)N(c2ccccc2)C(=O)N1CCCO. The summed E-state index contributed by atoms with van der Waals surface area (Å²) in [4.78, 5) is 40.7. The van der Waals surface area contributed by atoms with E-state index in [2.05, 4.69) is 0 Å². The van der Waals surface area contributed by atoms with Crippen LogP contribution in [0.5, 0.6) is 0 Å². The summed E-state index contributed by atoms with van der Waals surface area (Å²) in [6.45, 7) is -0.0598. The highest BCUT2D eigenvalue weighted by Crippen LogP contribution is 2.27. The Kier molecular flexibility index (Phi) is 5.43. The number of benzene rings is 2. The van der Waals surface area contributed by atoms with Gasteiger partial charge in [0.05, 0.1) is 5.69 Å². The van der Waals surface area contributed by atoms with Gasteiger partial charge in [0.2, 0.25) is 11.8 Å². The van der Waals surface area contributed by atoms with Crippen molar-refractivity contribution in [2.24, 2.45) is 5.92 Å². The number of hydrogen-bond acceptors (Lipinski definition) is 4. The van der Waals surface area contributed by atoms with Crippen LogP contribution in [0.25, 0.3) is 0 Å². The lowest BCUT2D eigenvalue weighted by Gasteiger charge is -2.37. The lowest BCUT2D eigenvalue weighted by atomic mass is 9.94. The molecule has 1 N–H and O–H groups in total. The van der Waals surface area contributed by atoms with E-state index >= 15 is 0 Å². The molecule has 1 aliphatic heterocycles. The van der Waals surface area contributed by atoms with Crippen LogP contribution in [0.15, 0.2) is 60.7 Å². The van der Waals surface area contributed by atoms with Gasteiger partial charge in [0.15, 0.2) is 0 Å². The van der Waals surface area contributed by atoms with E-state index in [-0.39, 0.29) is 26.0 Å². The number of aliphatic hydroxyl groups is 1. The predicted octanol–water partition coefficient (Wildman–Crippen LogP) is 2.22. The maximum absolute atomic E-state index is 13.0. The van der Waals surface area contributed by atoms with Crippen molar-refractivity contribution < 1.29 is 19.5 Å². The first-order valence-corrected chi connectivity index (χ1v) is 8.52. The Morgan fingerprint density at radius 3 is 2.08 bits per heavy atom. The van der Waals surface area contributed by atoms with Crippen LogP contribution in [0.4, 0.5) is 10.5 Å².